The minimum atomic E-state index is 0.437. The van der Waals surface area contributed by atoms with Gasteiger partial charge in [0.1, 0.15) is 0 Å². The Bertz CT molecular complexity index is 130. The third-order valence-electron chi connectivity index (χ3n) is 2.70. The molecule has 0 nitrogen and oxygen atoms in total. The molecule has 0 aliphatic carbocycles. The maximum Gasteiger partial charge on any atom is 0.00827 e. The number of hydrogen-bond donors (Lipinski definition) is 0. The van der Waals surface area contributed by atoms with Crippen molar-refractivity contribution in [2.24, 2.45) is 16.7 Å². The highest BCUT2D eigenvalue weighted by Crippen LogP contribution is 2.36. The summed E-state index contributed by atoms with van der Waals surface area (Å²) >= 11 is 3.57. The van der Waals surface area contributed by atoms with Gasteiger partial charge in [0.15, 0.2) is 0 Å². The first-order valence-corrected chi connectivity index (χ1v) is 5.87. The predicted octanol–water partition coefficient (Wildman–Crippen LogP) is 4.48. The first-order valence-electron chi connectivity index (χ1n) is 4.75. The van der Waals surface area contributed by atoms with Crippen molar-refractivity contribution in [2.45, 2.75) is 48.0 Å². The Balaban J connectivity index is 4.09. The van der Waals surface area contributed by atoms with Crippen LogP contribution in [-0.2, 0) is 0 Å². The molecule has 0 aromatic heterocycles. The van der Waals surface area contributed by atoms with Gasteiger partial charge in [-0.3, -0.25) is 0 Å². The van der Waals surface area contributed by atoms with Crippen LogP contribution in [0.3, 0.4) is 0 Å². The van der Waals surface area contributed by atoms with E-state index in [1.54, 1.807) is 0 Å². The second-order valence-electron chi connectivity index (χ2n) is 5.77. The molecular formula is C11H23Br. The Morgan fingerprint density at radius 2 is 1.50 bits per heavy atom. The highest BCUT2D eigenvalue weighted by Gasteiger charge is 2.26. The lowest BCUT2D eigenvalue weighted by atomic mass is 9.73. The fourth-order valence-electron chi connectivity index (χ4n) is 1.19. The summed E-state index contributed by atoms with van der Waals surface area (Å²) in [7, 11) is 0. The molecular weight excluding hydrogens is 212 g/mol. The Kier molecular flexibility index (Phi) is 4.29. The van der Waals surface area contributed by atoms with Gasteiger partial charge in [0.05, 0.1) is 0 Å². The molecule has 0 amide bonds. The molecule has 0 spiro atoms. The molecule has 74 valence electrons. The predicted molar refractivity (Wildman–Crippen MR) is 60.8 cm³/mol. The summed E-state index contributed by atoms with van der Waals surface area (Å²) in [4.78, 5) is 0. The first-order chi connectivity index (χ1) is 5.19. The largest absolute Gasteiger partial charge is 0.0922 e. The van der Waals surface area contributed by atoms with Gasteiger partial charge < -0.3 is 0 Å². The van der Waals surface area contributed by atoms with E-state index in [9.17, 15) is 0 Å². The summed E-state index contributed by atoms with van der Waals surface area (Å²) in [6, 6.07) is 0. The van der Waals surface area contributed by atoms with E-state index in [0.29, 0.717) is 10.8 Å². The van der Waals surface area contributed by atoms with Crippen molar-refractivity contribution in [1.82, 2.24) is 0 Å². The third-order valence-corrected chi connectivity index (χ3v) is 4.22. The molecule has 1 heteroatoms. The molecule has 0 aliphatic heterocycles. The Morgan fingerprint density at radius 3 is 1.75 bits per heavy atom. The molecule has 1 atom stereocenters. The fraction of sp³-hybridized carbons (Fsp3) is 1.00. The third kappa shape index (κ3) is 4.49. The van der Waals surface area contributed by atoms with E-state index in [0.717, 1.165) is 11.2 Å². The van der Waals surface area contributed by atoms with E-state index >= 15 is 0 Å². The lowest BCUT2D eigenvalue weighted by Crippen LogP contribution is -2.25. The van der Waals surface area contributed by atoms with Crippen molar-refractivity contribution in [1.29, 1.82) is 0 Å². The van der Waals surface area contributed by atoms with E-state index in [1.165, 1.54) is 6.42 Å². The van der Waals surface area contributed by atoms with E-state index in [4.69, 9.17) is 0 Å². The monoisotopic (exact) mass is 234 g/mol. The SMILES string of the molecule is CC(CC(C)(C)CBr)C(C)(C)C. The average molecular weight is 235 g/mol. The minimum Gasteiger partial charge on any atom is -0.0922 e. The average Bonchev–Trinajstić information content (AvgIpc) is 1.85. The zero-order chi connectivity index (χ0) is 9.99. The first kappa shape index (κ1) is 12.5. The van der Waals surface area contributed by atoms with Crippen molar-refractivity contribution in [3.8, 4) is 0 Å². The summed E-state index contributed by atoms with van der Waals surface area (Å²) in [5.74, 6) is 0.782. The van der Waals surface area contributed by atoms with Crippen molar-refractivity contribution in [2.75, 3.05) is 5.33 Å². The van der Waals surface area contributed by atoms with Gasteiger partial charge in [0.25, 0.3) is 0 Å². The van der Waals surface area contributed by atoms with E-state index in [1.807, 2.05) is 0 Å². The van der Waals surface area contributed by atoms with Gasteiger partial charge in [-0.1, -0.05) is 57.5 Å². The van der Waals surface area contributed by atoms with Gasteiger partial charge in [0, 0.05) is 5.33 Å². The molecule has 0 radical (unpaired) electrons. The summed E-state index contributed by atoms with van der Waals surface area (Å²) in [6.45, 7) is 14.0. The van der Waals surface area contributed by atoms with Crippen LogP contribution >= 0.6 is 15.9 Å². The number of halogens is 1. The van der Waals surface area contributed by atoms with Crippen LogP contribution < -0.4 is 0 Å². The normalized spacial score (nSPS) is 16.2. The van der Waals surface area contributed by atoms with Crippen LogP contribution in [0.25, 0.3) is 0 Å². The van der Waals surface area contributed by atoms with Crippen LogP contribution in [0.15, 0.2) is 0 Å². The van der Waals surface area contributed by atoms with E-state index in [-0.39, 0.29) is 0 Å². The minimum absolute atomic E-state index is 0.437. The highest BCUT2D eigenvalue weighted by molar-refractivity contribution is 9.09. The Morgan fingerprint density at radius 1 is 1.08 bits per heavy atom. The summed E-state index contributed by atoms with van der Waals surface area (Å²) < 4.78 is 0. The molecule has 0 heterocycles. The molecule has 0 saturated heterocycles. The smallest absolute Gasteiger partial charge is 0.00827 e. The quantitative estimate of drug-likeness (QED) is 0.632. The summed E-state index contributed by atoms with van der Waals surface area (Å²) in [5.41, 5.74) is 0.881. The summed E-state index contributed by atoms with van der Waals surface area (Å²) in [6.07, 6.45) is 1.29. The van der Waals surface area contributed by atoms with Crippen LogP contribution in [0, 0.1) is 16.7 Å². The maximum absolute atomic E-state index is 3.57. The van der Waals surface area contributed by atoms with Gasteiger partial charge in [-0.2, -0.15) is 0 Å². The van der Waals surface area contributed by atoms with Crippen molar-refractivity contribution in [3.05, 3.63) is 0 Å². The molecule has 0 aromatic rings. The molecule has 0 fully saturated rings. The Hall–Kier alpha value is 0.480. The second kappa shape index (κ2) is 4.13. The fourth-order valence-corrected chi connectivity index (χ4v) is 1.42. The Labute approximate surface area is 86.3 Å². The van der Waals surface area contributed by atoms with Crippen LogP contribution in [0.1, 0.15) is 48.0 Å². The van der Waals surface area contributed by atoms with E-state index in [2.05, 4.69) is 57.5 Å². The van der Waals surface area contributed by atoms with Gasteiger partial charge in [-0.15, -0.1) is 0 Å². The highest BCUT2D eigenvalue weighted by atomic mass is 79.9. The number of rotatable bonds is 3. The molecule has 0 saturated carbocycles. The molecule has 0 bridgehead atoms. The van der Waals surface area contributed by atoms with Crippen molar-refractivity contribution in [3.63, 3.8) is 0 Å². The van der Waals surface area contributed by atoms with E-state index < -0.39 is 0 Å². The van der Waals surface area contributed by atoms with Crippen LogP contribution in [0.5, 0.6) is 0 Å². The molecule has 1 unspecified atom stereocenters. The lowest BCUT2D eigenvalue weighted by molar-refractivity contribution is 0.185. The van der Waals surface area contributed by atoms with Gasteiger partial charge in [-0.25, -0.2) is 0 Å². The second-order valence-corrected chi connectivity index (χ2v) is 6.33. The lowest BCUT2D eigenvalue weighted by Gasteiger charge is -2.34. The van der Waals surface area contributed by atoms with Crippen molar-refractivity contribution < 1.29 is 0 Å². The van der Waals surface area contributed by atoms with Crippen LogP contribution in [-0.4, -0.2) is 5.33 Å². The van der Waals surface area contributed by atoms with Crippen LogP contribution in [0.4, 0.5) is 0 Å². The molecule has 0 N–H and O–H groups in total. The molecule has 0 aromatic carbocycles. The molecule has 0 aliphatic rings. The standard InChI is InChI=1S/C11H23Br/c1-9(10(2,3)4)7-11(5,6)8-12/h9H,7-8H2,1-6H3. The topological polar surface area (TPSA) is 0 Å². The van der Waals surface area contributed by atoms with Crippen LogP contribution in [0.2, 0.25) is 0 Å². The van der Waals surface area contributed by atoms with Gasteiger partial charge >= 0.3 is 0 Å². The zero-order valence-corrected chi connectivity index (χ0v) is 11.0. The summed E-state index contributed by atoms with van der Waals surface area (Å²) in [5, 5.41) is 1.10. The zero-order valence-electron chi connectivity index (χ0n) is 9.37. The van der Waals surface area contributed by atoms with Gasteiger partial charge in [-0.05, 0) is 23.2 Å². The number of alkyl halides is 1. The molecule has 12 heavy (non-hydrogen) atoms. The molecule has 0 rings (SSSR count). The number of hydrogen-bond acceptors (Lipinski definition) is 0. The van der Waals surface area contributed by atoms with Gasteiger partial charge in [0.2, 0.25) is 0 Å². The van der Waals surface area contributed by atoms with Crippen molar-refractivity contribution >= 4 is 15.9 Å². The maximum atomic E-state index is 3.57.